The molecule has 0 bridgehead atoms. The van der Waals surface area contributed by atoms with Crippen LogP contribution in [0.1, 0.15) is 40.0 Å². The van der Waals surface area contributed by atoms with Crippen LogP contribution in [0.4, 0.5) is 10.5 Å². The zero-order chi connectivity index (χ0) is 17.4. The molecule has 3 rings (SSSR count). The first-order chi connectivity index (χ1) is 11.3. The molecule has 1 aromatic carbocycles. The van der Waals surface area contributed by atoms with E-state index in [4.69, 9.17) is 9.47 Å². The number of amides is 1. The van der Waals surface area contributed by atoms with Crippen LogP contribution < -0.4 is 10.1 Å². The number of benzene rings is 1. The first-order valence-electron chi connectivity index (χ1n) is 8.47. The van der Waals surface area contributed by atoms with Gasteiger partial charge in [0, 0.05) is 43.4 Å². The number of hydrogen-bond acceptors (Lipinski definition) is 4. The monoisotopic (exact) mass is 396 g/mol. The Balaban J connectivity index is 1.67. The summed E-state index contributed by atoms with van der Waals surface area (Å²) < 4.78 is 12.9. The number of nitrogens with one attached hydrogen (secondary N) is 1. The van der Waals surface area contributed by atoms with E-state index in [0.29, 0.717) is 13.1 Å². The van der Waals surface area contributed by atoms with Crippen LogP contribution in [0, 0.1) is 0 Å². The maximum atomic E-state index is 12.2. The van der Waals surface area contributed by atoms with Gasteiger partial charge >= 0.3 is 6.09 Å². The molecule has 132 valence electrons. The van der Waals surface area contributed by atoms with Gasteiger partial charge in [-0.05, 0) is 39.0 Å². The van der Waals surface area contributed by atoms with E-state index in [1.54, 1.807) is 4.90 Å². The molecule has 1 fully saturated rings. The Kier molecular flexibility index (Phi) is 4.69. The summed E-state index contributed by atoms with van der Waals surface area (Å²) in [5.74, 6) is 0.890. The lowest BCUT2D eigenvalue weighted by atomic mass is 9.88. The van der Waals surface area contributed by atoms with Crippen LogP contribution in [-0.4, -0.2) is 41.8 Å². The lowest BCUT2D eigenvalue weighted by Gasteiger charge is -2.41. The number of rotatable bonds is 0. The van der Waals surface area contributed by atoms with Gasteiger partial charge < -0.3 is 19.7 Å². The van der Waals surface area contributed by atoms with Gasteiger partial charge in [0.25, 0.3) is 0 Å². The molecule has 1 spiro atoms. The van der Waals surface area contributed by atoms with Crippen molar-refractivity contribution in [2.24, 2.45) is 0 Å². The van der Waals surface area contributed by atoms with Crippen molar-refractivity contribution >= 4 is 27.7 Å². The van der Waals surface area contributed by atoms with Crippen LogP contribution in [0.5, 0.6) is 5.75 Å². The summed E-state index contributed by atoms with van der Waals surface area (Å²) in [5.41, 5.74) is 0.363. The Morgan fingerprint density at radius 1 is 1.29 bits per heavy atom. The number of carbonyl (C=O) groups excluding carboxylic acids is 1. The fourth-order valence-corrected chi connectivity index (χ4v) is 3.58. The summed E-state index contributed by atoms with van der Waals surface area (Å²) in [4.78, 5) is 14.0. The molecule has 2 heterocycles. The predicted octanol–water partition coefficient (Wildman–Crippen LogP) is 4.41. The van der Waals surface area contributed by atoms with E-state index in [9.17, 15) is 4.79 Å². The molecule has 0 atom stereocenters. The molecule has 1 aromatic rings. The summed E-state index contributed by atoms with van der Waals surface area (Å²) in [6.07, 6.45) is 2.35. The van der Waals surface area contributed by atoms with E-state index in [0.717, 1.165) is 41.7 Å². The minimum absolute atomic E-state index is 0.204. The van der Waals surface area contributed by atoms with E-state index in [-0.39, 0.29) is 11.7 Å². The van der Waals surface area contributed by atoms with E-state index >= 15 is 0 Å². The van der Waals surface area contributed by atoms with Crippen molar-refractivity contribution in [3.63, 3.8) is 0 Å². The molecule has 24 heavy (non-hydrogen) atoms. The largest absolute Gasteiger partial charge is 0.485 e. The molecule has 2 aliphatic heterocycles. The molecule has 1 amide bonds. The van der Waals surface area contributed by atoms with Gasteiger partial charge in [-0.2, -0.15) is 0 Å². The third-order valence-electron chi connectivity index (χ3n) is 4.49. The van der Waals surface area contributed by atoms with Crippen molar-refractivity contribution < 1.29 is 14.3 Å². The number of ether oxygens (including phenoxy) is 2. The normalized spacial score (nSPS) is 19.8. The maximum Gasteiger partial charge on any atom is 0.410 e. The lowest BCUT2D eigenvalue weighted by Crippen LogP contribution is -2.51. The summed E-state index contributed by atoms with van der Waals surface area (Å²) in [6.45, 7) is 7.89. The van der Waals surface area contributed by atoms with Gasteiger partial charge in [0.15, 0.2) is 0 Å². The molecule has 0 aromatic heterocycles. The molecule has 0 unspecified atom stereocenters. The minimum Gasteiger partial charge on any atom is -0.485 e. The first kappa shape index (κ1) is 17.4. The highest BCUT2D eigenvalue weighted by atomic mass is 79.9. The molecule has 2 aliphatic rings. The average Bonchev–Trinajstić information content (AvgIpc) is 2.65. The van der Waals surface area contributed by atoms with Gasteiger partial charge in [-0.1, -0.05) is 15.9 Å². The number of halogens is 1. The van der Waals surface area contributed by atoms with Gasteiger partial charge in [-0.15, -0.1) is 0 Å². The Bertz CT molecular complexity index is 619. The molecule has 1 saturated heterocycles. The van der Waals surface area contributed by atoms with Gasteiger partial charge in [-0.25, -0.2) is 4.79 Å². The van der Waals surface area contributed by atoms with Crippen molar-refractivity contribution in [2.45, 2.75) is 51.2 Å². The highest BCUT2D eigenvalue weighted by molar-refractivity contribution is 9.10. The quantitative estimate of drug-likeness (QED) is 0.705. The van der Waals surface area contributed by atoms with E-state index in [2.05, 4.69) is 21.2 Å². The van der Waals surface area contributed by atoms with Crippen molar-refractivity contribution in [3.05, 3.63) is 22.7 Å². The van der Waals surface area contributed by atoms with Crippen molar-refractivity contribution in [1.29, 1.82) is 0 Å². The number of anilines is 1. The van der Waals surface area contributed by atoms with Crippen LogP contribution in [0.25, 0.3) is 0 Å². The molecule has 5 nitrogen and oxygen atoms in total. The molecular weight excluding hydrogens is 372 g/mol. The standard InChI is InChI=1S/C18H25BrN2O3/c1-17(2,3)24-16(22)21-10-7-18(8-11-21)6-9-20-14-12-13(19)4-5-15(14)23-18/h4-5,12,20H,6-11H2,1-3H3. The van der Waals surface area contributed by atoms with Crippen LogP contribution in [0.2, 0.25) is 0 Å². The van der Waals surface area contributed by atoms with Crippen LogP contribution in [-0.2, 0) is 4.74 Å². The second-order valence-corrected chi connectivity index (χ2v) is 8.49. The van der Waals surface area contributed by atoms with Crippen LogP contribution in [0.15, 0.2) is 22.7 Å². The molecule has 6 heteroatoms. The van der Waals surface area contributed by atoms with Gasteiger partial charge in [0.1, 0.15) is 17.0 Å². The average molecular weight is 397 g/mol. The third-order valence-corrected chi connectivity index (χ3v) is 4.98. The summed E-state index contributed by atoms with van der Waals surface area (Å²) in [7, 11) is 0. The second-order valence-electron chi connectivity index (χ2n) is 7.57. The van der Waals surface area contributed by atoms with Crippen LogP contribution in [0.3, 0.4) is 0 Å². The smallest absolute Gasteiger partial charge is 0.410 e. The Labute approximate surface area is 151 Å². The van der Waals surface area contributed by atoms with E-state index < -0.39 is 5.60 Å². The summed E-state index contributed by atoms with van der Waals surface area (Å²) >= 11 is 3.50. The Hall–Kier alpha value is -1.43. The molecule has 0 saturated carbocycles. The Morgan fingerprint density at radius 3 is 2.67 bits per heavy atom. The fraction of sp³-hybridized carbons (Fsp3) is 0.611. The number of piperidine rings is 1. The molecule has 1 N–H and O–H groups in total. The van der Waals surface area contributed by atoms with Crippen molar-refractivity contribution in [3.8, 4) is 5.75 Å². The second kappa shape index (κ2) is 6.47. The third kappa shape index (κ3) is 3.97. The lowest BCUT2D eigenvalue weighted by molar-refractivity contribution is -0.0184. The van der Waals surface area contributed by atoms with Crippen LogP contribution >= 0.6 is 15.9 Å². The maximum absolute atomic E-state index is 12.2. The summed E-state index contributed by atoms with van der Waals surface area (Å²) in [5, 5.41) is 3.44. The zero-order valence-corrected chi connectivity index (χ0v) is 16.1. The van der Waals surface area contributed by atoms with Gasteiger partial charge in [-0.3, -0.25) is 0 Å². The zero-order valence-electron chi connectivity index (χ0n) is 14.5. The highest BCUT2D eigenvalue weighted by Crippen LogP contribution is 2.39. The topological polar surface area (TPSA) is 50.8 Å². The molecule has 0 radical (unpaired) electrons. The molecule has 0 aliphatic carbocycles. The molecular formula is C18H25BrN2O3. The number of likely N-dealkylation sites (tertiary alicyclic amines) is 1. The predicted molar refractivity (Wildman–Crippen MR) is 97.6 cm³/mol. The van der Waals surface area contributed by atoms with Crippen molar-refractivity contribution in [1.82, 2.24) is 4.90 Å². The minimum atomic E-state index is -0.457. The van der Waals surface area contributed by atoms with Crippen molar-refractivity contribution in [2.75, 3.05) is 25.0 Å². The number of carbonyl (C=O) groups is 1. The van der Waals surface area contributed by atoms with Gasteiger partial charge in [0.2, 0.25) is 0 Å². The summed E-state index contributed by atoms with van der Waals surface area (Å²) in [6, 6.07) is 6.04. The fourth-order valence-electron chi connectivity index (χ4n) is 3.21. The number of nitrogens with zero attached hydrogens (tertiary/aromatic N) is 1. The number of hydrogen-bond donors (Lipinski definition) is 1. The van der Waals surface area contributed by atoms with E-state index in [1.165, 1.54) is 0 Å². The SMILES string of the molecule is CC(C)(C)OC(=O)N1CCC2(CCNc3cc(Br)ccc3O2)CC1. The van der Waals surface area contributed by atoms with E-state index in [1.807, 2.05) is 39.0 Å². The highest BCUT2D eigenvalue weighted by Gasteiger charge is 2.40. The van der Waals surface area contributed by atoms with Gasteiger partial charge in [0.05, 0.1) is 5.69 Å². The first-order valence-corrected chi connectivity index (χ1v) is 9.26. The number of fused-ring (bicyclic) bond motifs is 1. The Morgan fingerprint density at radius 2 is 2.00 bits per heavy atom.